The maximum Gasteiger partial charge on any atom is 0.417 e. The van der Waals surface area contributed by atoms with Crippen molar-refractivity contribution in [2.24, 2.45) is 0 Å². The van der Waals surface area contributed by atoms with E-state index in [1.165, 1.54) is 0 Å². The molecule has 0 spiro atoms. The fourth-order valence-corrected chi connectivity index (χ4v) is 5.13. The molecule has 0 amide bonds. The first kappa shape index (κ1) is 33.1. The van der Waals surface area contributed by atoms with E-state index >= 15 is 4.39 Å². The number of benzene rings is 1. The molecule has 240 valence electrons. The first-order chi connectivity index (χ1) is 20.9. The van der Waals surface area contributed by atoms with E-state index in [1.54, 1.807) is 26.0 Å². The van der Waals surface area contributed by atoms with Crippen LogP contribution in [0.2, 0.25) is 0 Å². The zero-order chi connectivity index (χ0) is 32.2. The number of ether oxygens (including phenoxy) is 2. The minimum atomic E-state index is -5.04. The lowest BCUT2D eigenvalue weighted by Crippen LogP contribution is -2.35. The van der Waals surface area contributed by atoms with Gasteiger partial charge in [-0.3, -0.25) is 0 Å². The van der Waals surface area contributed by atoms with Gasteiger partial charge in [0.2, 0.25) is 11.8 Å². The average molecular weight is 624 g/mol. The lowest BCUT2D eigenvalue weighted by molar-refractivity contribution is -0.137. The second kappa shape index (κ2) is 13.9. The summed E-state index contributed by atoms with van der Waals surface area (Å²) in [4.78, 5) is 15.2. The number of unbranched alkanes of at least 4 members (excludes halogenated alkanes) is 1. The zero-order valence-electron chi connectivity index (χ0n) is 25.4. The number of hydrogen-bond donors (Lipinski definition) is 3. The molecule has 14 heteroatoms. The Bertz CT molecular complexity index is 1520. The topological polar surface area (TPSA) is 110 Å². The molecule has 44 heavy (non-hydrogen) atoms. The van der Waals surface area contributed by atoms with Gasteiger partial charge in [-0.2, -0.15) is 18.2 Å². The molecule has 3 aromatic rings. The Labute approximate surface area is 253 Å². The monoisotopic (exact) mass is 623 g/mol. The molecule has 4 rings (SSSR count). The number of nitrogen functional groups attached to an aromatic ring is 1. The zero-order valence-corrected chi connectivity index (χ0v) is 25.4. The predicted molar refractivity (Wildman–Crippen MR) is 161 cm³/mol. The van der Waals surface area contributed by atoms with Crippen LogP contribution in [0.15, 0.2) is 18.2 Å². The van der Waals surface area contributed by atoms with Gasteiger partial charge in [-0.05, 0) is 58.2 Å². The van der Waals surface area contributed by atoms with E-state index in [0.717, 1.165) is 25.8 Å². The molecule has 0 radical (unpaired) electrons. The number of halogens is 5. The van der Waals surface area contributed by atoms with Crippen LogP contribution in [0.25, 0.3) is 22.2 Å². The SMILES string of the molecule is C/C=C/C1CNc2nc(N(C)CCCCOC)nc3c(F)c(-c4cc(N)c(F)c(C)c4C(F)(F)F)nc(c23)O[C@@H](C)CCN1. The third kappa shape index (κ3) is 7.12. The maximum atomic E-state index is 16.6. The van der Waals surface area contributed by atoms with Crippen molar-refractivity contribution in [3.63, 3.8) is 0 Å². The Morgan fingerprint density at radius 1 is 1.18 bits per heavy atom. The molecule has 1 aliphatic heterocycles. The Morgan fingerprint density at radius 2 is 1.93 bits per heavy atom. The van der Waals surface area contributed by atoms with Crippen LogP contribution in [-0.4, -0.2) is 67.5 Å². The van der Waals surface area contributed by atoms with Crippen molar-refractivity contribution >= 4 is 28.4 Å². The van der Waals surface area contributed by atoms with Gasteiger partial charge in [-0.15, -0.1) is 0 Å². The molecule has 1 aromatic carbocycles. The highest BCUT2D eigenvalue weighted by molar-refractivity contribution is 5.97. The molecule has 0 aliphatic carbocycles. The second-order valence-corrected chi connectivity index (χ2v) is 10.8. The number of aromatic nitrogens is 3. The highest BCUT2D eigenvalue weighted by Gasteiger charge is 2.39. The van der Waals surface area contributed by atoms with Gasteiger partial charge in [0.1, 0.15) is 28.2 Å². The lowest BCUT2D eigenvalue weighted by Gasteiger charge is -2.23. The van der Waals surface area contributed by atoms with Crippen LogP contribution < -0.4 is 26.0 Å². The quantitative estimate of drug-likeness (QED) is 0.123. The summed E-state index contributed by atoms with van der Waals surface area (Å²) in [6.45, 7) is 6.59. The van der Waals surface area contributed by atoms with Gasteiger partial charge in [-0.1, -0.05) is 12.2 Å². The van der Waals surface area contributed by atoms with E-state index in [9.17, 15) is 17.6 Å². The number of allylic oxidation sites excluding steroid dienone is 1. The number of nitrogens with two attached hydrogens (primary N) is 1. The summed E-state index contributed by atoms with van der Waals surface area (Å²) in [6, 6.07) is 0.643. The van der Waals surface area contributed by atoms with Gasteiger partial charge in [0.05, 0.1) is 17.4 Å². The van der Waals surface area contributed by atoms with Gasteiger partial charge < -0.3 is 30.7 Å². The Kier molecular flexibility index (Phi) is 10.5. The van der Waals surface area contributed by atoms with Crippen molar-refractivity contribution in [1.29, 1.82) is 0 Å². The molecule has 9 nitrogen and oxygen atoms in total. The maximum absolute atomic E-state index is 16.6. The van der Waals surface area contributed by atoms with Gasteiger partial charge in [-0.25, -0.2) is 18.7 Å². The molecule has 0 saturated carbocycles. The number of rotatable bonds is 8. The largest absolute Gasteiger partial charge is 0.474 e. The highest BCUT2D eigenvalue weighted by atomic mass is 19.4. The van der Waals surface area contributed by atoms with Crippen molar-refractivity contribution in [3.8, 4) is 17.1 Å². The molecular weight excluding hydrogens is 585 g/mol. The van der Waals surface area contributed by atoms with E-state index in [4.69, 9.17) is 15.2 Å². The molecule has 0 saturated heterocycles. The van der Waals surface area contributed by atoms with Crippen LogP contribution in [0.3, 0.4) is 0 Å². The van der Waals surface area contributed by atoms with Crippen LogP contribution in [-0.2, 0) is 10.9 Å². The normalized spacial score (nSPS) is 17.8. The summed E-state index contributed by atoms with van der Waals surface area (Å²) in [5, 5.41) is 6.74. The summed E-state index contributed by atoms with van der Waals surface area (Å²) < 4.78 is 85.4. The van der Waals surface area contributed by atoms with Crippen LogP contribution in [0, 0.1) is 18.6 Å². The van der Waals surface area contributed by atoms with Gasteiger partial charge in [0.15, 0.2) is 5.82 Å². The third-order valence-corrected chi connectivity index (χ3v) is 7.42. The number of methoxy groups -OCH3 is 1. The fourth-order valence-electron chi connectivity index (χ4n) is 5.13. The summed E-state index contributed by atoms with van der Waals surface area (Å²) in [7, 11) is 3.34. The standard InChI is InChI=1S/C30H38F5N7O2/c1-6-9-18-15-38-27-21-26(40-29(41-27)42(4)12-7-8-13-43-5)24(32)25(39-28(21)44-16(2)10-11-37-18)19-14-20(36)23(31)17(3)22(19)30(33,34)35/h6,9,14,16,18,37H,7-8,10-13,15,36H2,1-5H3,(H,38,40,41)/b9-6+/t16-,18?/m0/s1. The van der Waals surface area contributed by atoms with Crippen molar-refractivity contribution in [2.45, 2.75) is 58.4 Å². The van der Waals surface area contributed by atoms with E-state index in [1.807, 2.05) is 19.1 Å². The van der Waals surface area contributed by atoms with Crippen molar-refractivity contribution in [1.82, 2.24) is 20.3 Å². The molecule has 1 aliphatic rings. The summed E-state index contributed by atoms with van der Waals surface area (Å²) >= 11 is 0. The number of anilines is 3. The minimum Gasteiger partial charge on any atom is -0.474 e. The lowest BCUT2D eigenvalue weighted by atomic mass is 9.96. The average Bonchev–Trinajstić information content (AvgIpc) is 2.99. The first-order valence-electron chi connectivity index (χ1n) is 14.4. The van der Waals surface area contributed by atoms with Gasteiger partial charge in [0, 0.05) is 45.5 Å². The number of pyridine rings is 1. The molecule has 2 atom stereocenters. The van der Waals surface area contributed by atoms with Gasteiger partial charge >= 0.3 is 6.18 Å². The molecular formula is C30H38F5N7O2. The van der Waals surface area contributed by atoms with Crippen LogP contribution in [0.4, 0.5) is 39.4 Å². The predicted octanol–water partition coefficient (Wildman–Crippen LogP) is 5.86. The molecule has 4 N–H and O–H groups in total. The highest BCUT2D eigenvalue weighted by Crippen LogP contribution is 2.44. The smallest absolute Gasteiger partial charge is 0.417 e. The van der Waals surface area contributed by atoms with E-state index in [0.29, 0.717) is 32.7 Å². The minimum absolute atomic E-state index is 0.0797. The van der Waals surface area contributed by atoms with Gasteiger partial charge in [0.25, 0.3) is 0 Å². The first-order valence-corrected chi connectivity index (χ1v) is 14.4. The number of hydrogen-bond acceptors (Lipinski definition) is 9. The van der Waals surface area contributed by atoms with Crippen LogP contribution >= 0.6 is 0 Å². The molecule has 0 fully saturated rings. The van der Waals surface area contributed by atoms with Crippen molar-refractivity contribution in [3.05, 3.63) is 41.0 Å². The van der Waals surface area contributed by atoms with Crippen LogP contribution in [0.5, 0.6) is 5.88 Å². The number of nitrogens with one attached hydrogen (secondary N) is 2. The second-order valence-electron chi connectivity index (χ2n) is 10.8. The summed E-state index contributed by atoms with van der Waals surface area (Å²) in [5.41, 5.74) is 1.31. The molecule has 3 heterocycles. The van der Waals surface area contributed by atoms with Crippen molar-refractivity contribution < 1.29 is 31.4 Å². The van der Waals surface area contributed by atoms with Crippen LogP contribution in [0.1, 0.15) is 44.2 Å². The Hall–Kier alpha value is -3.78. The molecule has 2 aromatic heterocycles. The molecule has 1 unspecified atom stereocenters. The Balaban J connectivity index is 2.02. The summed E-state index contributed by atoms with van der Waals surface area (Å²) in [6.07, 6.45) is 0.368. The van der Waals surface area contributed by atoms with Crippen molar-refractivity contribution in [2.75, 3.05) is 56.3 Å². The third-order valence-electron chi connectivity index (χ3n) is 7.42. The Morgan fingerprint density at radius 3 is 2.61 bits per heavy atom. The van der Waals surface area contributed by atoms with E-state index in [-0.39, 0.29) is 34.6 Å². The fraction of sp³-hybridized carbons (Fsp3) is 0.500. The number of alkyl halides is 3. The summed E-state index contributed by atoms with van der Waals surface area (Å²) in [5.74, 6) is -2.19. The number of nitrogens with zero attached hydrogens (tertiary/aromatic N) is 4. The van der Waals surface area contributed by atoms with E-state index in [2.05, 4.69) is 25.6 Å². The van der Waals surface area contributed by atoms with E-state index < -0.39 is 52.0 Å². The molecule has 0 bridgehead atoms.